The maximum Gasteiger partial charge on any atom is 0.356 e. The Morgan fingerprint density at radius 2 is 1.74 bits per heavy atom. The molecule has 0 unspecified atom stereocenters. The van der Waals surface area contributed by atoms with E-state index in [0.717, 1.165) is 0 Å². The number of rotatable bonds is 3. The molecule has 2 heterocycles. The molecule has 2 aromatic rings. The van der Waals surface area contributed by atoms with Crippen molar-refractivity contribution in [2.45, 2.75) is 6.92 Å². The molecule has 2 aromatic heterocycles. The van der Waals surface area contributed by atoms with Gasteiger partial charge in [0.05, 0.1) is 31.2 Å². The number of allylic oxidation sites excluding steroid dienone is 2. The van der Waals surface area contributed by atoms with E-state index in [1.807, 2.05) is 0 Å². The van der Waals surface area contributed by atoms with E-state index in [-0.39, 0.29) is 45.5 Å². The molecule has 0 saturated carbocycles. The lowest BCUT2D eigenvalue weighted by atomic mass is 9.95. The third kappa shape index (κ3) is 2.78. The number of nitrogen functional groups attached to an aromatic ring is 1. The number of anilines is 1. The molecule has 1 aliphatic carbocycles. The SMILES string of the molecule is COC(=O)c1nc(-c2ccc3c(n2)C(=O)C(N)=C(OC)C3=O)c(N)cc1C. The first-order valence-corrected chi connectivity index (χ1v) is 7.80. The minimum atomic E-state index is -0.637. The summed E-state index contributed by atoms with van der Waals surface area (Å²) in [7, 11) is 2.49. The molecule has 0 aliphatic heterocycles. The molecule has 0 radical (unpaired) electrons. The van der Waals surface area contributed by atoms with Gasteiger partial charge in [-0.05, 0) is 30.7 Å². The lowest BCUT2D eigenvalue weighted by Crippen LogP contribution is -2.28. The summed E-state index contributed by atoms with van der Waals surface area (Å²) in [4.78, 5) is 45.2. The number of carbonyl (C=O) groups is 3. The van der Waals surface area contributed by atoms with Gasteiger partial charge in [-0.15, -0.1) is 0 Å². The van der Waals surface area contributed by atoms with Crippen LogP contribution in [0.15, 0.2) is 29.7 Å². The first-order chi connectivity index (χ1) is 12.8. The Kier molecular flexibility index (Phi) is 4.36. The minimum Gasteiger partial charge on any atom is -0.491 e. The number of hydrogen-bond acceptors (Lipinski definition) is 9. The van der Waals surface area contributed by atoms with Crippen LogP contribution in [0.2, 0.25) is 0 Å². The second kappa shape index (κ2) is 6.52. The van der Waals surface area contributed by atoms with Crippen molar-refractivity contribution in [1.82, 2.24) is 9.97 Å². The average molecular weight is 368 g/mol. The van der Waals surface area contributed by atoms with E-state index >= 15 is 0 Å². The number of fused-ring (bicyclic) bond motifs is 1. The van der Waals surface area contributed by atoms with E-state index in [1.165, 1.54) is 26.4 Å². The summed E-state index contributed by atoms with van der Waals surface area (Å²) in [5.74, 6) is -2.02. The smallest absolute Gasteiger partial charge is 0.356 e. The Balaban J connectivity index is 2.17. The molecule has 138 valence electrons. The molecule has 9 heteroatoms. The van der Waals surface area contributed by atoms with Gasteiger partial charge < -0.3 is 20.9 Å². The fourth-order valence-corrected chi connectivity index (χ4v) is 2.77. The quantitative estimate of drug-likeness (QED) is 0.757. The van der Waals surface area contributed by atoms with Gasteiger partial charge in [0.1, 0.15) is 17.1 Å². The zero-order valence-corrected chi connectivity index (χ0v) is 14.8. The lowest BCUT2D eigenvalue weighted by Gasteiger charge is -2.17. The second-order valence-corrected chi connectivity index (χ2v) is 5.78. The van der Waals surface area contributed by atoms with Crippen LogP contribution in [0.1, 0.15) is 36.9 Å². The number of ketones is 2. The largest absolute Gasteiger partial charge is 0.491 e. The number of Topliss-reactive ketones (excluding diaryl/α,β-unsaturated/α-hetero) is 2. The van der Waals surface area contributed by atoms with Crippen molar-refractivity contribution in [3.63, 3.8) is 0 Å². The number of aryl methyl sites for hydroxylation is 1. The van der Waals surface area contributed by atoms with Gasteiger partial charge in [-0.25, -0.2) is 14.8 Å². The molecule has 0 amide bonds. The van der Waals surface area contributed by atoms with Gasteiger partial charge >= 0.3 is 5.97 Å². The fraction of sp³-hybridized carbons (Fsp3) is 0.167. The summed E-state index contributed by atoms with van der Waals surface area (Å²) in [6.45, 7) is 1.67. The zero-order valence-electron chi connectivity index (χ0n) is 14.8. The Labute approximate surface area is 154 Å². The van der Waals surface area contributed by atoms with Gasteiger partial charge in [-0.1, -0.05) is 0 Å². The number of nitrogens with two attached hydrogens (primary N) is 2. The number of nitrogens with zero attached hydrogens (tertiary/aromatic N) is 2. The molecule has 0 spiro atoms. The summed E-state index contributed by atoms with van der Waals surface area (Å²) in [5.41, 5.74) is 12.6. The van der Waals surface area contributed by atoms with Gasteiger partial charge in [-0.3, -0.25) is 9.59 Å². The highest BCUT2D eigenvalue weighted by Crippen LogP contribution is 2.29. The van der Waals surface area contributed by atoms with Crippen molar-refractivity contribution in [1.29, 1.82) is 0 Å². The van der Waals surface area contributed by atoms with Crippen molar-refractivity contribution in [3.05, 3.63) is 52.2 Å². The number of pyridine rings is 2. The summed E-state index contributed by atoms with van der Waals surface area (Å²) < 4.78 is 9.63. The van der Waals surface area contributed by atoms with E-state index in [9.17, 15) is 14.4 Å². The molecular formula is C18H16N4O5. The first kappa shape index (κ1) is 18.1. The molecule has 0 aromatic carbocycles. The van der Waals surface area contributed by atoms with Crippen LogP contribution in [0.5, 0.6) is 0 Å². The van der Waals surface area contributed by atoms with Gasteiger partial charge in [0, 0.05) is 0 Å². The molecule has 0 bridgehead atoms. The van der Waals surface area contributed by atoms with Crippen molar-refractivity contribution in [2.75, 3.05) is 20.0 Å². The highest BCUT2D eigenvalue weighted by molar-refractivity contribution is 6.25. The van der Waals surface area contributed by atoms with Gasteiger partial charge in [-0.2, -0.15) is 0 Å². The standard InChI is InChI=1S/C18H16N4O5/c1-7-6-9(19)14(22-12(7)18(25)27-3)10-5-4-8-13(21-10)16(24)11(20)17(26-2)15(8)23/h4-6H,19-20H2,1-3H3. The van der Waals surface area contributed by atoms with Crippen molar-refractivity contribution in [2.24, 2.45) is 5.73 Å². The third-order valence-corrected chi connectivity index (χ3v) is 4.12. The van der Waals surface area contributed by atoms with Crippen LogP contribution in [-0.2, 0) is 9.47 Å². The summed E-state index contributed by atoms with van der Waals surface area (Å²) in [5, 5.41) is 0. The van der Waals surface area contributed by atoms with E-state index in [1.54, 1.807) is 13.0 Å². The number of ether oxygens (including phenoxy) is 2. The fourth-order valence-electron chi connectivity index (χ4n) is 2.77. The summed E-state index contributed by atoms with van der Waals surface area (Å²) in [6, 6.07) is 4.45. The van der Waals surface area contributed by atoms with Crippen LogP contribution in [0, 0.1) is 6.92 Å². The maximum absolute atomic E-state index is 12.5. The molecule has 27 heavy (non-hydrogen) atoms. The van der Waals surface area contributed by atoms with Gasteiger partial charge in [0.25, 0.3) is 0 Å². The Hall–Kier alpha value is -3.75. The molecule has 1 aliphatic rings. The molecule has 9 nitrogen and oxygen atoms in total. The van der Waals surface area contributed by atoms with Crippen molar-refractivity contribution in [3.8, 4) is 11.4 Å². The van der Waals surface area contributed by atoms with Crippen molar-refractivity contribution >= 4 is 23.2 Å². The Morgan fingerprint density at radius 3 is 2.37 bits per heavy atom. The predicted molar refractivity (Wildman–Crippen MR) is 94.8 cm³/mol. The Morgan fingerprint density at radius 1 is 1.04 bits per heavy atom. The molecule has 3 rings (SSSR count). The molecule has 4 N–H and O–H groups in total. The molecular weight excluding hydrogens is 352 g/mol. The first-order valence-electron chi connectivity index (χ1n) is 7.80. The van der Waals surface area contributed by atoms with Crippen LogP contribution in [0.3, 0.4) is 0 Å². The summed E-state index contributed by atoms with van der Waals surface area (Å²) in [6.07, 6.45) is 0. The Bertz CT molecular complexity index is 1040. The van der Waals surface area contributed by atoms with Crippen LogP contribution < -0.4 is 11.5 Å². The van der Waals surface area contributed by atoms with E-state index in [0.29, 0.717) is 5.56 Å². The highest BCUT2D eigenvalue weighted by Gasteiger charge is 2.33. The highest BCUT2D eigenvalue weighted by atomic mass is 16.5. The number of esters is 1. The number of aromatic nitrogens is 2. The van der Waals surface area contributed by atoms with E-state index in [2.05, 4.69) is 9.97 Å². The lowest BCUT2D eigenvalue weighted by molar-refractivity contribution is 0.0593. The third-order valence-electron chi connectivity index (χ3n) is 4.12. The molecule has 0 atom stereocenters. The normalized spacial score (nSPS) is 13.4. The second-order valence-electron chi connectivity index (χ2n) is 5.78. The topological polar surface area (TPSA) is 147 Å². The van der Waals surface area contributed by atoms with Crippen LogP contribution in [0.4, 0.5) is 5.69 Å². The van der Waals surface area contributed by atoms with Crippen LogP contribution in [0.25, 0.3) is 11.4 Å². The van der Waals surface area contributed by atoms with Crippen LogP contribution >= 0.6 is 0 Å². The zero-order chi connectivity index (χ0) is 19.9. The van der Waals surface area contributed by atoms with Gasteiger partial charge in [0.2, 0.25) is 11.6 Å². The van der Waals surface area contributed by atoms with E-state index < -0.39 is 17.5 Å². The molecule has 0 saturated heterocycles. The van der Waals surface area contributed by atoms with Gasteiger partial charge in [0.15, 0.2) is 11.5 Å². The van der Waals surface area contributed by atoms with Crippen molar-refractivity contribution < 1.29 is 23.9 Å². The number of methoxy groups -OCH3 is 2. The minimum absolute atomic E-state index is 0.0636. The predicted octanol–water partition coefficient (Wildman–Crippen LogP) is 1.02. The number of carbonyl (C=O) groups excluding carboxylic acids is 3. The maximum atomic E-state index is 12.5. The van der Waals surface area contributed by atoms with E-state index in [4.69, 9.17) is 20.9 Å². The summed E-state index contributed by atoms with van der Waals surface area (Å²) >= 11 is 0. The average Bonchev–Trinajstić information content (AvgIpc) is 2.66. The molecule has 0 fully saturated rings. The number of hydrogen-bond donors (Lipinski definition) is 2. The van der Waals surface area contributed by atoms with Crippen LogP contribution in [-0.4, -0.2) is 41.7 Å². The monoisotopic (exact) mass is 368 g/mol.